The molecule has 1 heterocycles. The van der Waals surface area contributed by atoms with Crippen molar-refractivity contribution < 1.29 is 23.4 Å². The van der Waals surface area contributed by atoms with Gasteiger partial charge in [0.15, 0.2) is 5.75 Å². The summed E-state index contributed by atoms with van der Waals surface area (Å²) < 4.78 is 30.3. The maximum atomic E-state index is 13.5. The molecule has 0 N–H and O–H groups in total. The van der Waals surface area contributed by atoms with E-state index in [1.165, 1.54) is 36.1 Å². The van der Waals surface area contributed by atoms with Crippen LogP contribution in [-0.2, 0) is 18.0 Å². The van der Waals surface area contributed by atoms with E-state index in [9.17, 15) is 14.0 Å². The number of benzene rings is 2. The van der Waals surface area contributed by atoms with E-state index in [1.54, 1.807) is 26.2 Å². The Kier molecular flexibility index (Phi) is 6.46. The van der Waals surface area contributed by atoms with Crippen LogP contribution in [-0.4, -0.2) is 30.0 Å². The first-order chi connectivity index (χ1) is 14.4. The lowest BCUT2D eigenvalue weighted by atomic mass is 10.1. The lowest BCUT2D eigenvalue weighted by molar-refractivity contribution is 0.0600. The van der Waals surface area contributed by atoms with Crippen LogP contribution < -0.4 is 15.0 Å². The van der Waals surface area contributed by atoms with Gasteiger partial charge < -0.3 is 14.2 Å². The van der Waals surface area contributed by atoms with E-state index in [-0.39, 0.29) is 29.2 Å². The van der Waals surface area contributed by atoms with Crippen LogP contribution in [0.25, 0.3) is 0 Å². The Bertz CT molecular complexity index is 1110. The summed E-state index contributed by atoms with van der Waals surface area (Å²) in [6, 6.07) is 13.0. The Morgan fingerprint density at radius 3 is 2.43 bits per heavy atom. The summed E-state index contributed by atoms with van der Waals surface area (Å²) in [6.07, 6.45) is 0. The first kappa shape index (κ1) is 21.0. The Morgan fingerprint density at radius 2 is 1.80 bits per heavy atom. The number of alkyl halides is 1. The summed E-state index contributed by atoms with van der Waals surface area (Å²) in [5.74, 6) is 0.278. The molecule has 0 saturated carbocycles. The minimum atomic E-state index is -0.871. The molecule has 0 aliphatic heterocycles. The summed E-state index contributed by atoms with van der Waals surface area (Å²) in [7, 11) is 2.82. The number of ether oxygens (including phenoxy) is 3. The topological polar surface area (TPSA) is 79.7 Å². The molecule has 0 unspecified atom stereocenters. The monoisotopic (exact) mass is 412 g/mol. The van der Waals surface area contributed by atoms with Crippen LogP contribution in [0.4, 0.5) is 4.39 Å². The van der Waals surface area contributed by atoms with Crippen molar-refractivity contribution in [3.63, 3.8) is 0 Å². The fraction of sp³-hybridized carbons (Fsp3) is 0.227. The van der Waals surface area contributed by atoms with Gasteiger partial charge in [-0.05, 0) is 42.8 Å². The Labute approximate surface area is 172 Å². The number of rotatable bonds is 7. The number of methoxy groups -OCH3 is 2. The zero-order valence-corrected chi connectivity index (χ0v) is 16.8. The van der Waals surface area contributed by atoms with Gasteiger partial charge in [-0.3, -0.25) is 4.79 Å². The van der Waals surface area contributed by atoms with Crippen LogP contribution in [0.5, 0.6) is 17.2 Å². The predicted octanol–water partition coefficient (Wildman–Crippen LogP) is 3.66. The summed E-state index contributed by atoms with van der Waals surface area (Å²) in [4.78, 5) is 24.5. The molecule has 0 aliphatic rings. The number of carbonyl (C=O) groups excluding carboxylic acids is 1. The summed E-state index contributed by atoms with van der Waals surface area (Å²) in [5.41, 5.74) is 1.28. The second kappa shape index (κ2) is 9.21. The van der Waals surface area contributed by atoms with Crippen molar-refractivity contribution in [3.8, 4) is 17.2 Å². The van der Waals surface area contributed by atoms with Gasteiger partial charge in [-0.15, -0.1) is 0 Å². The molecule has 0 saturated heterocycles. The number of esters is 1. The van der Waals surface area contributed by atoms with Crippen LogP contribution in [0.1, 0.15) is 27.2 Å². The third kappa shape index (κ3) is 4.65. The molecule has 0 atom stereocenters. The fourth-order valence-corrected chi connectivity index (χ4v) is 2.87. The van der Waals surface area contributed by atoms with Gasteiger partial charge in [-0.25, -0.2) is 13.9 Å². The maximum Gasteiger partial charge on any atom is 0.337 e. The molecule has 2 aromatic carbocycles. The zero-order valence-electron chi connectivity index (χ0n) is 16.8. The zero-order chi connectivity index (χ0) is 21.7. The molecule has 0 bridgehead atoms. The second-order valence-corrected chi connectivity index (χ2v) is 6.51. The van der Waals surface area contributed by atoms with E-state index in [1.807, 2.05) is 12.1 Å². The standard InChI is InChI=1S/C22H21FN2O5/c1-14-10-20(30-19-9-6-16(22(27)29-3)11-17(19)12-23)21(26)25(24-14)13-15-4-7-18(28-2)8-5-15/h4-11H,12-13H2,1-3H3. The normalized spacial score (nSPS) is 10.5. The molecule has 1 aromatic heterocycles. The Balaban J connectivity index is 1.91. The number of hydrogen-bond acceptors (Lipinski definition) is 6. The SMILES string of the molecule is COC(=O)c1ccc(Oc2cc(C)nn(Cc3ccc(OC)cc3)c2=O)c(CF)c1. The van der Waals surface area contributed by atoms with Gasteiger partial charge in [0.1, 0.15) is 18.2 Å². The van der Waals surface area contributed by atoms with Crippen molar-refractivity contribution in [1.29, 1.82) is 0 Å². The molecule has 0 radical (unpaired) electrons. The molecule has 8 heteroatoms. The highest BCUT2D eigenvalue weighted by Gasteiger charge is 2.15. The highest BCUT2D eigenvalue weighted by Crippen LogP contribution is 2.26. The number of carbonyl (C=O) groups is 1. The van der Waals surface area contributed by atoms with E-state index in [0.29, 0.717) is 11.4 Å². The number of aryl methyl sites for hydroxylation is 1. The van der Waals surface area contributed by atoms with E-state index in [2.05, 4.69) is 9.84 Å². The summed E-state index contributed by atoms with van der Waals surface area (Å²) in [6.45, 7) is 1.09. The van der Waals surface area contributed by atoms with Gasteiger partial charge in [-0.1, -0.05) is 12.1 Å². The second-order valence-electron chi connectivity index (χ2n) is 6.51. The number of nitrogens with zero attached hydrogens (tertiary/aromatic N) is 2. The lowest BCUT2D eigenvalue weighted by Gasteiger charge is -2.13. The van der Waals surface area contributed by atoms with Crippen LogP contribution >= 0.6 is 0 Å². The minimum absolute atomic E-state index is 0.0107. The lowest BCUT2D eigenvalue weighted by Crippen LogP contribution is -2.25. The highest BCUT2D eigenvalue weighted by molar-refractivity contribution is 5.89. The quantitative estimate of drug-likeness (QED) is 0.551. The van der Waals surface area contributed by atoms with Gasteiger partial charge >= 0.3 is 11.5 Å². The smallest absolute Gasteiger partial charge is 0.337 e. The fourth-order valence-electron chi connectivity index (χ4n) is 2.87. The molecule has 0 amide bonds. The summed E-state index contributed by atoms with van der Waals surface area (Å²) >= 11 is 0. The molecule has 3 rings (SSSR count). The van der Waals surface area contributed by atoms with E-state index in [0.717, 1.165) is 5.56 Å². The minimum Gasteiger partial charge on any atom is -0.497 e. The average Bonchev–Trinajstić information content (AvgIpc) is 2.77. The van der Waals surface area contributed by atoms with Crippen molar-refractivity contribution in [2.75, 3.05) is 14.2 Å². The third-order valence-corrected chi connectivity index (χ3v) is 4.40. The van der Waals surface area contributed by atoms with Gasteiger partial charge in [0.2, 0.25) is 0 Å². The van der Waals surface area contributed by atoms with Gasteiger partial charge in [-0.2, -0.15) is 5.10 Å². The van der Waals surface area contributed by atoms with Crippen LogP contribution in [0, 0.1) is 6.92 Å². The molecular weight excluding hydrogens is 391 g/mol. The predicted molar refractivity (Wildman–Crippen MR) is 108 cm³/mol. The van der Waals surface area contributed by atoms with Gasteiger partial charge in [0.05, 0.1) is 32.0 Å². The van der Waals surface area contributed by atoms with E-state index in [4.69, 9.17) is 9.47 Å². The molecule has 3 aromatic rings. The molecule has 0 aliphatic carbocycles. The largest absolute Gasteiger partial charge is 0.497 e. The number of halogens is 1. The van der Waals surface area contributed by atoms with Crippen molar-refractivity contribution in [3.05, 3.63) is 81.3 Å². The van der Waals surface area contributed by atoms with Crippen molar-refractivity contribution >= 4 is 5.97 Å². The average molecular weight is 412 g/mol. The number of aromatic nitrogens is 2. The Morgan fingerprint density at radius 1 is 1.07 bits per heavy atom. The van der Waals surface area contributed by atoms with Crippen molar-refractivity contribution in [2.45, 2.75) is 20.1 Å². The van der Waals surface area contributed by atoms with Crippen molar-refractivity contribution in [1.82, 2.24) is 9.78 Å². The maximum absolute atomic E-state index is 13.5. The highest BCUT2D eigenvalue weighted by atomic mass is 19.1. The molecule has 0 spiro atoms. The molecule has 7 nitrogen and oxygen atoms in total. The first-order valence-corrected chi connectivity index (χ1v) is 9.12. The van der Waals surface area contributed by atoms with Gasteiger partial charge in [0.25, 0.3) is 0 Å². The van der Waals surface area contributed by atoms with Crippen LogP contribution in [0.15, 0.2) is 53.3 Å². The van der Waals surface area contributed by atoms with E-state index >= 15 is 0 Å². The van der Waals surface area contributed by atoms with E-state index < -0.39 is 18.2 Å². The Hall–Kier alpha value is -3.68. The summed E-state index contributed by atoms with van der Waals surface area (Å²) in [5, 5.41) is 4.26. The van der Waals surface area contributed by atoms with Crippen LogP contribution in [0.3, 0.4) is 0 Å². The molecule has 0 fully saturated rings. The van der Waals surface area contributed by atoms with Gasteiger partial charge in [0, 0.05) is 11.6 Å². The van der Waals surface area contributed by atoms with Crippen molar-refractivity contribution in [2.24, 2.45) is 0 Å². The van der Waals surface area contributed by atoms with Crippen LogP contribution in [0.2, 0.25) is 0 Å². The molecule has 30 heavy (non-hydrogen) atoms. The molecule has 156 valence electrons. The first-order valence-electron chi connectivity index (χ1n) is 9.12. The number of hydrogen-bond donors (Lipinski definition) is 0. The molecular formula is C22H21FN2O5. The third-order valence-electron chi connectivity index (χ3n) is 4.40.